The van der Waals surface area contributed by atoms with E-state index in [1.807, 2.05) is 19.1 Å². The van der Waals surface area contributed by atoms with Crippen LogP contribution in [-0.4, -0.2) is 16.5 Å². The number of hydrogen-bond donors (Lipinski definition) is 2. The molecule has 2 N–H and O–H groups in total. The molecule has 0 fully saturated rings. The molecule has 0 saturated heterocycles. The van der Waals surface area contributed by atoms with E-state index in [-0.39, 0.29) is 0 Å². The number of rotatable bonds is 5. The molecule has 0 aromatic carbocycles. The maximum Gasteiger partial charge on any atom is 0.147 e. The number of nitrogens with one attached hydrogen (secondary N) is 2. The largest absolute Gasteiger partial charge is 0.369 e. The number of anilines is 2. The third kappa shape index (κ3) is 3.72. The van der Waals surface area contributed by atoms with Crippen LogP contribution in [0.3, 0.4) is 0 Å². The second-order valence-corrected chi connectivity index (χ2v) is 4.71. The Labute approximate surface area is 122 Å². The van der Waals surface area contributed by atoms with E-state index < -0.39 is 0 Å². The van der Waals surface area contributed by atoms with Gasteiger partial charge in [0.1, 0.15) is 11.6 Å². The van der Waals surface area contributed by atoms with Crippen LogP contribution in [0.2, 0.25) is 10.0 Å². The Morgan fingerprint density at radius 1 is 1.16 bits per heavy atom. The van der Waals surface area contributed by atoms with Crippen molar-refractivity contribution in [2.75, 3.05) is 17.2 Å². The van der Waals surface area contributed by atoms with Crippen molar-refractivity contribution in [2.24, 2.45) is 0 Å². The zero-order valence-corrected chi connectivity index (χ0v) is 12.0. The fourth-order valence-corrected chi connectivity index (χ4v) is 2.06. The van der Waals surface area contributed by atoms with Crippen molar-refractivity contribution in [1.82, 2.24) is 9.97 Å². The first-order chi connectivity index (χ1) is 9.20. The van der Waals surface area contributed by atoms with Crippen molar-refractivity contribution >= 4 is 34.8 Å². The quantitative estimate of drug-likeness (QED) is 0.880. The highest BCUT2D eigenvalue weighted by Crippen LogP contribution is 2.29. The fraction of sp³-hybridized carbons (Fsp3) is 0.231. The van der Waals surface area contributed by atoms with Gasteiger partial charge in [-0.25, -0.2) is 4.98 Å². The Morgan fingerprint density at radius 3 is 2.53 bits per heavy atom. The van der Waals surface area contributed by atoms with Crippen molar-refractivity contribution < 1.29 is 0 Å². The fourth-order valence-electron chi connectivity index (χ4n) is 1.57. The van der Waals surface area contributed by atoms with Gasteiger partial charge in [-0.05, 0) is 24.6 Å². The number of pyridine rings is 2. The standard InChI is InChI=1S/C13H14Cl2N4/c1-2-17-12-10(14)6-11(15)13(19-12)18-8-9-4-3-5-16-7-9/h3-7H,2,8H2,1H3,(H2,17,18,19). The average Bonchev–Trinajstić information content (AvgIpc) is 2.42. The van der Waals surface area contributed by atoms with Crippen molar-refractivity contribution in [1.29, 1.82) is 0 Å². The maximum atomic E-state index is 6.12. The van der Waals surface area contributed by atoms with E-state index in [0.29, 0.717) is 28.2 Å². The molecule has 0 amide bonds. The van der Waals surface area contributed by atoms with Gasteiger partial charge in [-0.15, -0.1) is 0 Å². The molecule has 2 rings (SSSR count). The molecule has 2 heterocycles. The highest BCUT2D eigenvalue weighted by Gasteiger charge is 2.08. The molecule has 6 heteroatoms. The first-order valence-electron chi connectivity index (χ1n) is 5.93. The lowest BCUT2D eigenvalue weighted by molar-refractivity contribution is 1.08. The van der Waals surface area contributed by atoms with Crippen LogP contribution < -0.4 is 10.6 Å². The molecule has 100 valence electrons. The van der Waals surface area contributed by atoms with Gasteiger partial charge >= 0.3 is 0 Å². The Balaban J connectivity index is 2.13. The van der Waals surface area contributed by atoms with Gasteiger partial charge in [-0.3, -0.25) is 4.98 Å². The predicted octanol–water partition coefficient (Wildman–Crippen LogP) is 3.83. The second kappa shape index (κ2) is 6.59. The summed E-state index contributed by atoms with van der Waals surface area (Å²) in [5, 5.41) is 7.27. The highest BCUT2D eigenvalue weighted by atomic mass is 35.5. The van der Waals surface area contributed by atoms with E-state index in [2.05, 4.69) is 20.6 Å². The lowest BCUT2D eigenvalue weighted by Crippen LogP contribution is -2.06. The van der Waals surface area contributed by atoms with Gasteiger partial charge in [0.2, 0.25) is 0 Å². The van der Waals surface area contributed by atoms with Gasteiger partial charge in [0.15, 0.2) is 0 Å². The molecule has 2 aromatic heterocycles. The maximum absolute atomic E-state index is 6.12. The van der Waals surface area contributed by atoms with E-state index in [9.17, 15) is 0 Å². The van der Waals surface area contributed by atoms with Crippen molar-refractivity contribution in [3.05, 3.63) is 46.2 Å². The van der Waals surface area contributed by atoms with E-state index >= 15 is 0 Å². The first kappa shape index (κ1) is 13.9. The number of aromatic nitrogens is 2. The van der Waals surface area contributed by atoms with Crippen LogP contribution >= 0.6 is 23.2 Å². The van der Waals surface area contributed by atoms with Gasteiger partial charge < -0.3 is 10.6 Å². The van der Waals surface area contributed by atoms with Gasteiger partial charge in [0.05, 0.1) is 10.0 Å². The second-order valence-electron chi connectivity index (χ2n) is 3.89. The normalized spacial score (nSPS) is 10.3. The third-order valence-corrected chi connectivity index (χ3v) is 3.03. The van der Waals surface area contributed by atoms with Crippen molar-refractivity contribution in [3.63, 3.8) is 0 Å². The summed E-state index contributed by atoms with van der Waals surface area (Å²) in [5.74, 6) is 1.23. The Kier molecular flexibility index (Phi) is 4.82. The van der Waals surface area contributed by atoms with Gasteiger partial charge in [-0.2, -0.15) is 0 Å². The van der Waals surface area contributed by atoms with Crippen molar-refractivity contribution in [3.8, 4) is 0 Å². The Bertz CT molecular complexity index is 546. The topological polar surface area (TPSA) is 49.8 Å². The molecule has 0 radical (unpaired) electrons. The summed E-state index contributed by atoms with van der Waals surface area (Å²) in [6, 6.07) is 5.55. The molecule has 0 unspecified atom stereocenters. The van der Waals surface area contributed by atoms with Crippen LogP contribution in [-0.2, 0) is 6.54 Å². The van der Waals surface area contributed by atoms with Gasteiger partial charge in [0.25, 0.3) is 0 Å². The molecule has 0 aliphatic rings. The molecule has 0 spiro atoms. The molecule has 4 nitrogen and oxygen atoms in total. The molecule has 0 saturated carbocycles. The van der Waals surface area contributed by atoms with Crippen LogP contribution in [0.5, 0.6) is 0 Å². The number of halogens is 2. The first-order valence-corrected chi connectivity index (χ1v) is 6.69. The Hall–Kier alpha value is -1.52. The SMILES string of the molecule is CCNc1nc(NCc2cccnc2)c(Cl)cc1Cl. The smallest absolute Gasteiger partial charge is 0.147 e. The molecular weight excluding hydrogens is 283 g/mol. The Morgan fingerprint density at radius 2 is 1.89 bits per heavy atom. The van der Waals surface area contributed by atoms with Crippen LogP contribution in [0.25, 0.3) is 0 Å². The monoisotopic (exact) mass is 296 g/mol. The average molecular weight is 297 g/mol. The van der Waals surface area contributed by atoms with E-state index in [1.54, 1.807) is 18.5 Å². The zero-order chi connectivity index (χ0) is 13.7. The van der Waals surface area contributed by atoms with E-state index in [4.69, 9.17) is 23.2 Å². The van der Waals surface area contributed by atoms with Crippen LogP contribution in [0, 0.1) is 0 Å². The summed E-state index contributed by atoms with van der Waals surface area (Å²) in [7, 11) is 0. The molecule has 0 bridgehead atoms. The lowest BCUT2D eigenvalue weighted by Gasteiger charge is -2.11. The minimum absolute atomic E-state index is 0.496. The van der Waals surface area contributed by atoms with Crippen LogP contribution in [0.15, 0.2) is 30.6 Å². The summed E-state index contributed by atoms with van der Waals surface area (Å²) in [6.07, 6.45) is 3.53. The lowest BCUT2D eigenvalue weighted by atomic mass is 10.3. The highest BCUT2D eigenvalue weighted by molar-refractivity contribution is 6.37. The van der Waals surface area contributed by atoms with Crippen molar-refractivity contribution in [2.45, 2.75) is 13.5 Å². The molecular formula is C13H14Cl2N4. The predicted molar refractivity (Wildman–Crippen MR) is 80.0 cm³/mol. The van der Waals surface area contributed by atoms with Crippen LogP contribution in [0.1, 0.15) is 12.5 Å². The molecule has 2 aromatic rings. The third-order valence-electron chi connectivity index (χ3n) is 2.46. The van der Waals surface area contributed by atoms with Gasteiger partial charge in [-0.1, -0.05) is 29.3 Å². The summed E-state index contributed by atoms with van der Waals surface area (Å²) in [5.41, 5.74) is 1.06. The van der Waals surface area contributed by atoms with E-state index in [1.165, 1.54) is 0 Å². The summed E-state index contributed by atoms with van der Waals surface area (Å²) in [6.45, 7) is 3.33. The number of hydrogen-bond acceptors (Lipinski definition) is 4. The summed E-state index contributed by atoms with van der Waals surface area (Å²) >= 11 is 12.2. The molecule has 19 heavy (non-hydrogen) atoms. The summed E-state index contributed by atoms with van der Waals surface area (Å²) < 4.78 is 0. The van der Waals surface area contributed by atoms with E-state index in [0.717, 1.165) is 12.1 Å². The molecule has 0 atom stereocenters. The zero-order valence-electron chi connectivity index (χ0n) is 10.5. The minimum Gasteiger partial charge on any atom is -0.369 e. The number of nitrogens with zero attached hydrogens (tertiary/aromatic N) is 2. The molecule has 0 aliphatic carbocycles. The minimum atomic E-state index is 0.496. The van der Waals surface area contributed by atoms with Crippen LogP contribution in [0.4, 0.5) is 11.6 Å². The van der Waals surface area contributed by atoms with Gasteiger partial charge in [0, 0.05) is 25.5 Å². The summed E-state index contributed by atoms with van der Waals surface area (Å²) in [4.78, 5) is 8.42. The molecule has 0 aliphatic heterocycles.